The second-order valence-electron chi connectivity index (χ2n) is 8.27. The highest BCUT2D eigenvalue weighted by Gasteiger charge is 2.16. The standard InChI is InChI=1S/C24H44O2/c1-21(2)17-13-9-6-5-7-11-15-19-23(24(25)26)20-16-12-8-10-14-18-22(3)4/h23H,1,3,5-20H2,2,4H3,(H,25,26). The van der Waals surface area contributed by atoms with Crippen molar-refractivity contribution < 1.29 is 9.90 Å². The number of carboxylic acid groups (broad SMARTS) is 1. The fourth-order valence-electron chi connectivity index (χ4n) is 3.44. The average molecular weight is 365 g/mol. The van der Waals surface area contributed by atoms with Crippen LogP contribution in [-0.4, -0.2) is 11.1 Å². The SMILES string of the molecule is C=C(C)CCCCCCCCCC(CCCCCCCC(=C)C)C(=O)O. The molecule has 0 heterocycles. The molecule has 0 spiro atoms. The van der Waals surface area contributed by atoms with Crippen LogP contribution < -0.4 is 0 Å². The fourth-order valence-corrected chi connectivity index (χ4v) is 3.44. The second kappa shape index (κ2) is 17.4. The Morgan fingerprint density at radius 2 is 0.962 bits per heavy atom. The van der Waals surface area contributed by atoms with Crippen molar-refractivity contribution in [3.63, 3.8) is 0 Å². The summed E-state index contributed by atoms with van der Waals surface area (Å²) in [7, 11) is 0. The highest BCUT2D eigenvalue weighted by atomic mass is 16.4. The van der Waals surface area contributed by atoms with Gasteiger partial charge in [-0.05, 0) is 52.4 Å². The highest BCUT2D eigenvalue weighted by molar-refractivity contribution is 5.69. The first kappa shape index (κ1) is 24.9. The number of hydrogen-bond donors (Lipinski definition) is 1. The van der Waals surface area contributed by atoms with Crippen molar-refractivity contribution >= 4 is 5.97 Å². The van der Waals surface area contributed by atoms with Gasteiger partial charge < -0.3 is 5.11 Å². The van der Waals surface area contributed by atoms with Gasteiger partial charge in [-0.3, -0.25) is 4.79 Å². The molecule has 1 unspecified atom stereocenters. The third-order valence-corrected chi connectivity index (χ3v) is 5.16. The first-order valence-electron chi connectivity index (χ1n) is 10.9. The maximum Gasteiger partial charge on any atom is 0.306 e. The van der Waals surface area contributed by atoms with E-state index in [1.807, 2.05) is 0 Å². The molecule has 0 bridgehead atoms. The molecule has 2 nitrogen and oxygen atoms in total. The Balaban J connectivity index is 3.54. The first-order chi connectivity index (χ1) is 12.4. The number of unbranched alkanes of at least 4 members (excludes halogenated alkanes) is 10. The number of carboxylic acids is 1. The Labute approximate surface area is 163 Å². The van der Waals surface area contributed by atoms with E-state index in [1.54, 1.807) is 0 Å². The quantitative estimate of drug-likeness (QED) is 0.186. The topological polar surface area (TPSA) is 37.3 Å². The molecule has 0 saturated heterocycles. The summed E-state index contributed by atoms with van der Waals surface area (Å²) in [5.41, 5.74) is 2.55. The lowest BCUT2D eigenvalue weighted by Crippen LogP contribution is -2.13. The van der Waals surface area contributed by atoms with Crippen LogP contribution in [0.1, 0.15) is 117 Å². The molecule has 0 aromatic carbocycles. The summed E-state index contributed by atoms with van der Waals surface area (Å²) >= 11 is 0. The fraction of sp³-hybridized carbons (Fsp3) is 0.792. The number of hydrogen-bond acceptors (Lipinski definition) is 1. The highest BCUT2D eigenvalue weighted by Crippen LogP contribution is 2.20. The van der Waals surface area contributed by atoms with E-state index in [0.29, 0.717) is 0 Å². The summed E-state index contributed by atoms with van der Waals surface area (Å²) in [5.74, 6) is -0.715. The Hall–Kier alpha value is -1.05. The lowest BCUT2D eigenvalue weighted by Gasteiger charge is -2.12. The minimum Gasteiger partial charge on any atom is -0.481 e. The van der Waals surface area contributed by atoms with Crippen molar-refractivity contribution in [2.24, 2.45) is 5.92 Å². The van der Waals surface area contributed by atoms with Crippen molar-refractivity contribution in [2.45, 2.75) is 117 Å². The van der Waals surface area contributed by atoms with Gasteiger partial charge >= 0.3 is 5.97 Å². The molecule has 0 aromatic heterocycles. The Morgan fingerprint density at radius 3 is 1.27 bits per heavy atom. The molecule has 26 heavy (non-hydrogen) atoms. The molecule has 0 fully saturated rings. The Morgan fingerprint density at radius 1 is 0.654 bits per heavy atom. The first-order valence-corrected chi connectivity index (χ1v) is 10.9. The molecule has 0 aliphatic rings. The molecule has 0 rings (SSSR count). The third-order valence-electron chi connectivity index (χ3n) is 5.16. The minimum atomic E-state index is -0.591. The summed E-state index contributed by atoms with van der Waals surface area (Å²) in [6.45, 7) is 12.1. The van der Waals surface area contributed by atoms with Crippen molar-refractivity contribution in [1.82, 2.24) is 0 Å². The van der Waals surface area contributed by atoms with E-state index >= 15 is 0 Å². The van der Waals surface area contributed by atoms with E-state index in [1.165, 1.54) is 75.4 Å². The predicted octanol–water partition coefficient (Wildman–Crippen LogP) is 8.08. The van der Waals surface area contributed by atoms with Crippen molar-refractivity contribution in [2.75, 3.05) is 0 Å². The van der Waals surface area contributed by atoms with Crippen molar-refractivity contribution in [3.8, 4) is 0 Å². The molecular weight excluding hydrogens is 320 g/mol. The van der Waals surface area contributed by atoms with Crippen LogP contribution in [0.4, 0.5) is 0 Å². The number of rotatable bonds is 19. The van der Waals surface area contributed by atoms with Crippen molar-refractivity contribution in [1.29, 1.82) is 0 Å². The molecule has 1 atom stereocenters. The van der Waals surface area contributed by atoms with Gasteiger partial charge in [-0.2, -0.15) is 0 Å². The molecule has 1 N–H and O–H groups in total. The lowest BCUT2D eigenvalue weighted by molar-refractivity contribution is -0.142. The summed E-state index contributed by atoms with van der Waals surface area (Å²) in [4.78, 5) is 11.4. The Bertz CT molecular complexity index is 384. The number of carbonyl (C=O) groups is 1. The number of aliphatic carboxylic acids is 1. The molecule has 0 amide bonds. The normalized spacial score (nSPS) is 12.1. The van der Waals surface area contributed by atoms with Gasteiger partial charge in [0, 0.05) is 0 Å². The van der Waals surface area contributed by atoms with Gasteiger partial charge in [0.2, 0.25) is 0 Å². The van der Waals surface area contributed by atoms with Crippen LogP contribution >= 0.6 is 0 Å². The van der Waals surface area contributed by atoms with E-state index in [-0.39, 0.29) is 5.92 Å². The average Bonchev–Trinajstić information content (AvgIpc) is 2.56. The zero-order chi connectivity index (χ0) is 19.6. The van der Waals surface area contributed by atoms with Crippen LogP contribution in [0, 0.1) is 5.92 Å². The van der Waals surface area contributed by atoms with E-state index in [0.717, 1.165) is 38.5 Å². The lowest BCUT2D eigenvalue weighted by atomic mass is 9.94. The van der Waals surface area contributed by atoms with Crippen molar-refractivity contribution in [3.05, 3.63) is 24.3 Å². The van der Waals surface area contributed by atoms with Crippen LogP contribution in [-0.2, 0) is 4.79 Å². The molecule has 152 valence electrons. The maximum atomic E-state index is 11.4. The van der Waals surface area contributed by atoms with Gasteiger partial charge in [0.1, 0.15) is 0 Å². The van der Waals surface area contributed by atoms with Gasteiger partial charge in [-0.1, -0.05) is 75.4 Å². The predicted molar refractivity (Wildman–Crippen MR) is 115 cm³/mol. The summed E-state index contributed by atoms with van der Waals surface area (Å²) in [5, 5.41) is 9.40. The van der Waals surface area contributed by atoms with E-state index in [2.05, 4.69) is 27.0 Å². The van der Waals surface area contributed by atoms with Gasteiger partial charge in [0.05, 0.1) is 5.92 Å². The van der Waals surface area contributed by atoms with Gasteiger partial charge in [-0.15, -0.1) is 13.2 Å². The minimum absolute atomic E-state index is 0.124. The third kappa shape index (κ3) is 17.8. The van der Waals surface area contributed by atoms with Crippen LogP contribution in [0.3, 0.4) is 0 Å². The molecule has 0 aliphatic carbocycles. The molecule has 0 aromatic rings. The molecule has 0 saturated carbocycles. The second-order valence-corrected chi connectivity index (χ2v) is 8.27. The van der Waals surface area contributed by atoms with Gasteiger partial charge in [0.25, 0.3) is 0 Å². The zero-order valence-electron chi connectivity index (χ0n) is 17.7. The zero-order valence-corrected chi connectivity index (χ0v) is 17.7. The Kier molecular flexibility index (Phi) is 16.7. The monoisotopic (exact) mass is 364 g/mol. The van der Waals surface area contributed by atoms with E-state index in [9.17, 15) is 9.90 Å². The maximum absolute atomic E-state index is 11.4. The number of allylic oxidation sites excluding steroid dienone is 2. The van der Waals surface area contributed by atoms with E-state index in [4.69, 9.17) is 0 Å². The van der Waals surface area contributed by atoms with E-state index < -0.39 is 5.97 Å². The summed E-state index contributed by atoms with van der Waals surface area (Å²) in [6.07, 6.45) is 18.6. The van der Waals surface area contributed by atoms with Gasteiger partial charge in [0.15, 0.2) is 0 Å². The van der Waals surface area contributed by atoms with Crippen LogP contribution in [0.2, 0.25) is 0 Å². The summed E-state index contributed by atoms with van der Waals surface area (Å²) < 4.78 is 0. The summed E-state index contributed by atoms with van der Waals surface area (Å²) in [6, 6.07) is 0. The van der Waals surface area contributed by atoms with Crippen LogP contribution in [0.25, 0.3) is 0 Å². The molecular formula is C24H44O2. The van der Waals surface area contributed by atoms with Crippen LogP contribution in [0.5, 0.6) is 0 Å². The molecule has 0 radical (unpaired) electrons. The largest absolute Gasteiger partial charge is 0.481 e. The molecule has 0 aliphatic heterocycles. The van der Waals surface area contributed by atoms with Gasteiger partial charge in [-0.25, -0.2) is 0 Å². The molecule has 2 heteroatoms. The smallest absolute Gasteiger partial charge is 0.306 e. The van der Waals surface area contributed by atoms with Crippen LogP contribution in [0.15, 0.2) is 24.3 Å².